The number of rotatable bonds is 1. The highest BCUT2D eigenvalue weighted by Crippen LogP contribution is 2.29. The van der Waals surface area contributed by atoms with Gasteiger partial charge in [0.1, 0.15) is 6.04 Å². The Morgan fingerprint density at radius 2 is 1.84 bits per heavy atom. The quantitative estimate of drug-likeness (QED) is 0.726. The number of benzene rings is 1. The van der Waals surface area contributed by atoms with Gasteiger partial charge in [-0.2, -0.15) is 5.10 Å². The molecule has 0 radical (unpaired) electrons. The van der Waals surface area contributed by atoms with Gasteiger partial charge in [-0.25, -0.2) is 9.69 Å². The number of hydrogen-bond acceptors (Lipinski definition) is 3. The lowest BCUT2D eigenvalue weighted by Gasteiger charge is -2.11. The first-order valence-corrected chi connectivity index (χ1v) is 6.05. The summed E-state index contributed by atoms with van der Waals surface area (Å²) in [5.41, 5.74) is 0.889. The molecular weight excluding hydrogens is 244 g/mol. The predicted octanol–water partition coefficient (Wildman–Crippen LogP) is 1.36. The van der Waals surface area contributed by atoms with Crippen molar-refractivity contribution >= 4 is 28.7 Å². The smallest absolute Gasteiger partial charge is 0.315 e. The fourth-order valence-electron chi connectivity index (χ4n) is 2.33. The van der Waals surface area contributed by atoms with Crippen LogP contribution in [0.1, 0.15) is 6.92 Å². The minimum absolute atomic E-state index is 0.239. The maximum absolute atomic E-state index is 12.2. The first-order chi connectivity index (χ1) is 9.02. The topological polar surface area (TPSA) is 58.4 Å². The molecule has 1 aliphatic rings. The predicted molar refractivity (Wildman–Crippen MR) is 70.8 cm³/mol. The van der Waals surface area contributed by atoms with Crippen molar-refractivity contribution in [2.75, 3.05) is 11.9 Å². The van der Waals surface area contributed by atoms with E-state index in [-0.39, 0.29) is 11.9 Å². The Kier molecular flexibility index (Phi) is 2.35. The zero-order valence-electron chi connectivity index (χ0n) is 11.0. The van der Waals surface area contributed by atoms with Gasteiger partial charge in [-0.3, -0.25) is 9.48 Å². The number of fused-ring (bicyclic) bond motifs is 1. The average molecular weight is 258 g/mol. The van der Waals surface area contributed by atoms with Crippen LogP contribution in [-0.4, -0.2) is 39.7 Å². The van der Waals surface area contributed by atoms with Crippen LogP contribution in [0.3, 0.4) is 0 Å². The number of hydrogen-bond donors (Lipinski definition) is 0. The zero-order valence-corrected chi connectivity index (χ0v) is 11.0. The summed E-state index contributed by atoms with van der Waals surface area (Å²) in [5.74, 6) is 0.167. The fourth-order valence-corrected chi connectivity index (χ4v) is 2.33. The molecule has 1 aliphatic heterocycles. The number of aryl methyl sites for hydroxylation is 1. The largest absolute Gasteiger partial charge is 0.333 e. The number of imide groups is 1. The molecule has 1 aromatic carbocycles. The molecule has 3 amide bonds. The van der Waals surface area contributed by atoms with Crippen molar-refractivity contribution < 1.29 is 9.59 Å². The van der Waals surface area contributed by atoms with E-state index in [2.05, 4.69) is 5.10 Å². The molecule has 1 fully saturated rings. The standard InChI is InChI=1S/C13H14N4O2/c1-8-12(18)17(13(19)15(8)2)11-9-6-4-5-7-10(9)16(3)14-11/h4-8H,1-3H3/t8-/m1/s1. The molecule has 1 aromatic heterocycles. The Bertz CT molecular complexity index is 671. The number of anilines is 1. The third kappa shape index (κ3) is 1.46. The Hall–Kier alpha value is -2.37. The van der Waals surface area contributed by atoms with Gasteiger partial charge in [0.05, 0.1) is 5.52 Å². The summed E-state index contributed by atoms with van der Waals surface area (Å²) >= 11 is 0. The summed E-state index contributed by atoms with van der Waals surface area (Å²) < 4.78 is 1.67. The van der Waals surface area contributed by atoms with Crippen molar-refractivity contribution in [1.82, 2.24) is 14.7 Å². The highest BCUT2D eigenvalue weighted by atomic mass is 16.2. The average Bonchev–Trinajstić information content (AvgIpc) is 2.83. The molecule has 98 valence electrons. The minimum Gasteiger partial charge on any atom is -0.315 e. The molecule has 6 nitrogen and oxygen atoms in total. The molecule has 1 atom stereocenters. The van der Waals surface area contributed by atoms with Crippen LogP contribution in [0.2, 0.25) is 0 Å². The third-order valence-electron chi connectivity index (χ3n) is 3.60. The maximum atomic E-state index is 12.2. The van der Waals surface area contributed by atoms with Crippen LogP contribution >= 0.6 is 0 Å². The summed E-state index contributed by atoms with van der Waals surface area (Å²) in [5, 5.41) is 5.12. The summed E-state index contributed by atoms with van der Waals surface area (Å²) in [6, 6.07) is 6.75. The Labute approximate surface area is 110 Å². The van der Waals surface area contributed by atoms with Gasteiger partial charge in [0.25, 0.3) is 5.91 Å². The molecule has 0 saturated carbocycles. The van der Waals surface area contributed by atoms with Gasteiger partial charge in [0.2, 0.25) is 0 Å². The molecule has 6 heteroatoms. The summed E-state index contributed by atoms with van der Waals surface area (Å²) in [6.45, 7) is 1.71. The third-order valence-corrected chi connectivity index (χ3v) is 3.60. The van der Waals surface area contributed by atoms with E-state index in [0.29, 0.717) is 5.82 Å². The normalized spacial score (nSPS) is 19.8. The lowest BCUT2D eigenvalue weighted by Crippen LogP contribution is -2.32. The van der Waals surface area contributed by atoms with Crippen molar-refractivity contribution in [3.05, 3.63) is 24.3 Å². The number of urea groups is 1. The lowest BCUT2D eigenvalue weighted by atomic mass is 10.2. The van der Waals surface area contributed by atoms with Crippen LogP contribution in [0.25, 0.3) is 10.9 Å². The van der Waals surface area contributed by atoms with Gasteiger partial charge in [-0.05, 0) is 19.1 Å². The Balaban J connectivity index is 2.20. The van der Waals surface area contributed by atoms with Crippen molar-refractivity contribution in [1.29, 1.82) is 0 Å². The fraction of sp³-hybridized carbons (Fsp3) is 0.308. The Morgan fingerprint density at radius 1 is 1.16 bits per heavy atom. The number of carbonyl (C=O) groups excluding carboxylic acids is 2. The van der Waals surface area contributed by atoms with Crippen molar-refractivity contribution in [3.8, 4) is 0 Å². The van der Waals surface area contributed by atoms with Crippen molar-refractivity contribution in [3.63, 3.8) is 0 Å². The van der Waals surface area contributed by atoms with E-state index < -0.39 is 6.04 Å². The molecule has 2 heterocycles. The second kappa shape index (κ2) is 3.81. The van der Waals surface area contributed by atoms with E-state index in [9.17, 15) is 9.59 Å². The second-order valence-corrected chi connectivity index (χ2v) is 4.71. The molecule has 0 N–H and O–H groups in total. The van der Waals surface area contributed by atoms with Crippen LogP contribution in [0, 0.1) is 0 Å². The number of nitrogens with zero attached hydrogens (tertiary/aromatic N) is 4. The summed E-state index contributed by atoms with van der Waals surface area (Å²) in [6.07, 6.45) is 0. The number of carbonyl (C=O) groups is 2. The van der Waals surface area contributed by atoms with Gasteiger partial charge in [0, 0.05) is 19.5 Å². The molecule has 0 bridgehead atoms. The first kappa shape index (κ1) is 11.7. The number of para-hydroxylation sites is 1. The van der Waals surface area contributed by atoms with Gasteiger partial charge < -0.3 is 4.90 Å². The maximum Gasteiger partial charge on any atom is 0.333 e. The summed E-state index contributed by atoms with van der Waals surface area (Å²) in [7, 11) is 3.42. The van der Waals surface area contributed by atoms with Gasteiger partial charge >= 0.3 is 6.03 Å². The van der Waals surface area contributed by atoms with Crippen LogP contribution in [0.15, 0.2) is 24.3 Å². The molecule has 19 heavy (non-hydrogen) atoms. The molecule has 1 saturated heterocycles. The molecule has 2 aromatic rings. The molecule has 0 spiro atoms. The van der Waals surface area contributed by atoms with Crippen molar-refractivity contribution in [2.24, 2.45) is 7.05 Å². The monoisotopic (exact) mass is 258 g/mol. The highest BCUT2D eigenvalue weighted by Gasteiger charge is 2.43. The van der Waals surface area contributed by atoms with Gasteiger partial charge in [-0.1, -0.05) is 12.1 Å². The highest BCUT2D eigenvalue weighted by molar-refractivity contribution is 6.23. The second-order valence-electron chi connectivity index (χ2n) is 4.71. The molecule has 0 unspecified atom stereocenters. The van der Waals surface area contributed by atoms with Gasteiger partial charge in [-0.15, -0.1) is 0 Å². The van der Waals surface area contributed by atoms with E-state index in [4.69, 9.17) is 0 Å². The van der Waals surface area contributed by atoms with E-state index in [1.54, 1.807) is 25.7 Å². The van der Waals surface area contributed by atoms with E-state index >= 15 is 0 Å². The van der Waals surface area contributed by atoms with Crippen LogP contribution in [0.4, 0.5) is 10.6 Å². The van der Waals surface area contributed by atoms with E-state index in [1.165, 1.54) is 4.90 Å². The van der Waals surface area contributed by atoms with Crippen LogP contribution in [-0.2, 0) is 11.8 Å². The van der Waals surface area contributed by atoms with Crippen LogP contribution in [0.5, 0.6) is 0 Å². The molecular formula is C13H14N4O2. The number of likely N-dealkylation sites (N-methyl/N-ethyl adjacent to an activating group) is 1. The number of amides is 3. The molecule has 0 aliphatic carbocycles. The number of aromatic nitrogens is 2. The SMILES string of the molecule is C[C@@H]1C(=O)N(c2nn(C)c3ccccc23)C(=O)N1C. The van der Waals surface area contributed by atoms with E-state index in [1.807, 2.05) is 24.3 Å². The molecule has 3 rings (SSSR count). The zero-order chi connectivity index (χ0) is 13.7. The van der Waals surface area contributed by atoms with Crippen LogP contribution < -0.4 is 4.90 Å². The Morgan fingerprint density at radius 3 is 2.47 bits per heavy atom. The van der Waals surface area contributed by atoms with Gasteiger partial charge in [0.15, 0.2) is 5.82 Å². The van der Waals surface area contributed by atoms with Crippen molar-refractivity contribution in [2.45, 2.75) is 13.0 Å². The lowest BCUT2D eigenvalue weighted by molar-refractivity contribution is -0.119. The van der Waals surface area contributed by atoms with E-state index in [0.717, 1.165) is 15.8 Å². The minimum atomic E-state index is -0.451. The first-order valence-electron chi connectivity index (χ1n) is 6.05. The summed E-state index contributed by atoms with van der Waals surface area (Å²) in [4.78, 5) is 26.9.